The number of hydrogen-bond donors (Lipinski definition) is 0. The zero-order valence-electron chi connectivity index (χ0n) is 31.5. The summed E-state index contributed by atoms with van der Waals surface area (Å²) in [6.07, 6.45) is 32.1. The average Bonchev–Trinajstić information content (AvgIpc) is 3.01. The van der Waals surface area contributed by atoms with Crippen LogP contribution >= 0.6 is 7.82 Å². The standard InChI is InChI=1S/C38H76NO7P/c1-6-8-10-12-14-16-18-20-21-23-25-27-29-31-38(40)46-37(36-45-47(41,42)44-34-32-39(3,4)5)35-43-33-30-28-26-24-22-19-17-15-13-11-9-7-2/h16,18,37H,6-15,17,19-36H2,1-5H3/b18-16-. The number of carbonyl (C=O) groups excluding carboxylic acids is 1. The molecule has 0 fully saturated rings. The summed E-state index contributed by atoms with van der Waals surface area (Å²) >= 11 is 0. The van der Waals surface area contributed by atoms with Gasteiger partial charge in [0.25, 0.3) is 7.82 Å². The summed E-state index contributed by atoms with van der Waals surface area (Å²) < 4.78 is 34.4. The highest BCUT2D eigenvalue weighted by molar-refractivity contribution is 7.45. The molecule has 0 aromatic carbocycles. The van der Waals surface area contributed by atoms with Crippen molar-refractivity contribution in [3.05, 3.63) is 12.2 Å². The molecule has 0 radical (unpaired) electrons. The molecular weight excluding hydrogens is 613 g/mol. The molecule has 0 N–H and O–H groups in total. The van der Waals surface area contributed by atoms with Crippen LogP contribution in [0, 0.1) is 0 Å². The van der Waals surface area contributed by atoms with Gasteiger partial charge >= 0.3 is 5.97 Å². The monoisotopic (exact) mass is 690 g/mol. The molecule has 2 unspecified atom stereocenters. The second-order valence-corrected chi connectivity index (χ2v) is 15.7. The molecule has 0 heterocycles. The van der Waals surface area contributed by atoms with E-state index in [2.05, 4.69) is 26.0 Å². The van der Waals surface area contributed by atoms with E-state index in [0.29, 0.717) is 24.1 Å². The Morgan fingerprint density at radius 1 is 0.638 bits per heavy atom. The number of phosphoric ester groups is 1. The van der Waals surface area contributed by atoms with Crippen LogP contribution in [0.2, 0.25) is 0 Å². The lowest BCUT2D eigenvalue weighted by atomic mass is 10.1. The Bertz CT molecular complexity index is 772. The summed E-state index contributed by atoms with van der Waals surface area (Å²) in [6, 6.07) is 0. The molecular formula is C38H76NO7P. The Morgan fingerprint density at radius 3 is 1.64 bits per heavy atom. The van der Waals surface area contributed by atoms with Crippen molar-refractivity contribution < 1.29 is 37.3 Å². The fourth-order valence-corrected chi connectivity index (χ4v) is 5.97. The van der Waals surface area contributed by atoms with Crippen LogP contribution in [0.5, 0.6) is 0 Å². The number of ether oxygens (including phenoxy) is 2. The van der Waals surface area contributed by atoms with Gasteiger partial charge in [0.1, 0.15) is 19.3 Å². The van der Waals surface area contributed by atoms with E-state index in [9.17, 15) is 14.3 Å². The van der Waals surface area contributed by atoms with Gasteiger partial charge in [-0.15, -0.1) is 0 Å². The Morgan fingerprint density at radius 2 is 1.11 bits per heavy atom. The summed E-state index contributed by atoms with van der Waals surface area (Å²) in [5, 5.41) is 0. The minimum atomic E-state index is -4.51. The van der Waals surface area contributed by atoms with Gasteiger partial charge in [0.05, 0.1) is 34.4 Å². The van der Waals surface area contributed by atoms with E-state index >= 15 is 0 Å². The van der Waals surface area contributed by atoms with Crippen LogP contribution in [0.4, 0.5) is 0 Å². The fraction of sp³-hybridized carbons (Fsp3) is 0.921. The first-order chi connectivity index (χ1) is 22.6. The average molecular weight is 690 g/mol. The zero-order valence-corrected chi connectivity index (χ0v) is 32.4. The number of carbonyl (C=O) groups is 1. The van der Waals surface area contributed by atoms with Crippen molar-refractivity contribution in [2.75, 3.05) is 54.1 Å². The normalized spacial score (nSPS) is 14.1. The van der Waals surface area contributed by atoms with Crippen LogP contribution in [0.25, 0.3) is 0 Å². The van der Waals surface area contributed by atoms with Crippen LogP contribution < -0.4 is 4.89 Å². The van der Waals surface area contributed by atoms with Crippen LogP contribution in [-0.4, -0.2) is 70.7 Å². The SMILES string of the molecule is CCCCCC/C=C\CCCCCCCC(=O)OC(COCCCCCCCCCCCCCC)COP(=O)([O-])OCC[N+](C)(C)C. The first-order valence-electron chi connectivity index (χ1n) is 19.4. The van der Waals surface area contributed by atoms with Crippen molar-refractivity contribution in [1.29, 1.82) is 0 Å². The summed E-state index contributed by atoms with van der Waals surface area (Å²) in [4.78, 5) is 24.9. The van der Waals surface area contributed by atoms with E-state index in [0.717, 1.165) is 44.9 Å². The fourth-order valence-electron chi connectivity index (χ4n) is 5.25. The first-order valence-corrected chi connectivity index (χ1v) is 20.9. The van der Waals surface area contributed by atoms with Gasteiger partial charge in [-0.25, -0.2) is 0 Å². The smallest absolute Gasteiger partial charge is 0.306 e. The third-order valence-electron chi connectivity index (χ3n) is 8.32. The highest BCUT2D eigenvalue weighted by atomic mass is 31.2. The van der Waals surface area contributed by atoms with Crippen LogP contribution in [-0.2, 0) is 27.9 Å². The topological polar surface area (TPSA) is 94.1 Å². The third-order valence-corrected chi connectivity index (χ3v) is 9.28. The number of likely N-dealkylation sites (N-methyl/N-ethyl adjacent to an activating group) is 1. The molecule has 0 spiro atoms. The summed E-state index contributed by atoms with van der Waals surface area (Å²) in [5.41, 5.74) is 0. The van der Waals surface area contributed by atoms with Gasteiger partial charge in [-0.2, -0.15) is 0 Å². The summed E-state index contributed by atoms with van der Waals surface area (Å²) in [6.45, 7) is 5.39. The largest absolute Gasteiger partial charge is 0.756 e. The molecule has 0 aliphatic heterocycles. The molecule has 0 aliphatic carbocycles. The van der Waals surface area contributed by atoms with Gasteiger partial charge in [0.15, 0.2) is 0 Å². The third kappa shape index (κ3) is 36.3. The van der Waals surface area contributed by atoms with E-state index in [1.807, 2.05) is 21.1 Å². The summed E-state index contributed by atoms with van der Waals surface area (Å²) in [5.74, 6) is -0.342. The van der Waals surface area contributed by atoms with E-state index in [1.54, 1.807) is 0 Å². The van der Waals surface area contributed by atoms with E-state index < -0.39 is 13.9 Å². The van der Waals surface area contributed by atoms with Crippen molar-refractivity contribution in [3.8, 4) is 0 Å². The molecule has 0 aromatic heterocycles. The molecule has 0 rings (SSSR count). The highest BCUT2D eigenvalue weighted by Crippen LogP contribution is 2.38. The molecule has 0 saturated carbocycles. The number of nitrogens with zero attached hydrogens (tertiary/aromatic N) is 1. The predicted octanol–water partition coefficient (Wildman–Crippen LogP) is 10.1. The van der Waals surface area contributed by atoms with Gasteiger partial charge in [-0.05, 0) is 38.5 Å². The van der Waals surface area contributed by atoms with Crippen molar-refractivity contribution in [2.24, 2.45) is 0 Å². The van der Waals surface area contributed by atoms with Crippen molar-refractivity contribution in [2.45, 2.75) is 174 Å². The molecule has 8 nitrogen and oxygen atoms in total. The van der Waals surface area contributed by atoms with Gasteiger partial charge in [-0.3, -0.25) is 9.36 Å². The van der Waals surface area contributed by atoms with E-state index in [4.69, 9.17) is 18.5 Å². The maximum absolute atomic E-state index is 12.6. The minimum absolute atomic E-state index is 0.0273. The molecule has 9 heteroatoms. The highest BCUT2D eigenvalue weighted by Gasteiger charge is 2.20. The van der Waals surface area contributed by atoms with Gasteiger partial charge in [0.2, 0.25) is 0 Å². The second kappa shape index (κ2) is 32.4. The van der Waals surface area contributed by atoms with Crippen LogP contribution in [0.15, 0.2) is 12.2 Å². The number of allylic oxidation sites excluding steroid dienone is 2. The Balaban J connectivity index is 4.30. The molecule has 0 amide bonds. The van der Waals surface area contributed by atoms with E-state index in [-0.39, 0.29) is 25.8 Å². The lowest BCUT2D eigenvalue weighted by Crippen LogP contribution is -2.37. The van der Waals surface area contributed by atoms with Crippen molar-refractivity contribution in [1.82, 2.24) is 0 Å². The minimum Gasteiger partial charge on any atom is -0.756 e. The number of phosphoric acid groups is 1. The molecule has 0 aromatic rings. The molecule has 47 heavy (non-hydrogen) atoms. The van der Waals surface area contributed by atoms with Crippen molar-refractivity contribution >= 4 is 13.8 Å². The number of hydrogen-bond acceptors (Lipinski definition) is 7. The first kappa shape index (κ1) is 46.2. The number of rotatable bonds is 36. The molecule has 280 valence electrons. The van der Waals surface area contributed by atoms with Crippen LogP contribution in [0.1, 0.15) is 168 Å². The Hall–Kier alpha value is -0.760. The number of esters is 1. The zero-order chi connectivity index (χ0) is 34.9. The molecule has 0 saturated heterocycles. The second-order valence-electron chi connectivity index (χ2n) is 14.3. The Labute approximate surface area is 290 Å². The lowest BCUT2D eigenvalue weighted by molar-refractivity contribution is -0.870. The predicted molar refractivity (Wildman–Crippen MR) is 194 cm³/mol. The molecule has 2 atom stereocenters. The lowest BCUT2D eigenvalue weighted by Gasteiger charge is -2.28. The van der Waals surface area contributed by atoms with Gasteiger partial charge in [0, 0.05) is 13.0 Å². The summed E-state index contributed by atoms with van der Waals surface area (Å²) in [7, 11) is 1.36. The number of quaternary nitrogens is 1. The molecule has 0 bridgehead atoms. The quantitative estimate of drug-likeness (QED) is 0.0212. The number of unbranched alkanes of at least 4 members (excludes halogenated alkanes) is 20. The van der Waals surface area contributed by atoms with Crippen molar-refractivity contribution in [3.63, 3.8) is 0 Å². The maximum Gasteiger partial charge on any atom is 0.306 e. The molecule has 0 aliphatic rings. The van der Waals surface area contributed by atoms with E-state index in [1.165, 1.54) is 103 Å². The Kier molecular flexibility index (Phi) is 31.9. The van der Waals surface area contributed by atoms with Gasteiger partial charge < -0.3 is 27.9 Å². The van der Waals surface area contributed by atoms with Crippen LogP contribution in [0.3, 0.4) is 0 Å². The van der Waals surface area contributed by atoms with Gasteiger partial charge in [-0.1, -0.05) is 135 Å². The maximum atomic E-state index is 12.6.